The van der Waals surface area contributed by atoms with E-state index in [1.807, 2.05) is 46.8 Å². The Hall–Kier alpha value is -2.97. The highest BCUT2D eigenvalue weighted by molar-refractivity contribution is 5.96. The number of rotatable bonds is 5. The van der Waals surface area contributed by atoms with Crippen LogP contribution in [0.15, 0.2) is 12.3 Å². The maximum Gasteiger partial charge on any atom is 0.274 e. The number of nitrogens with zero attached hydrogens (tertiary/aromatic N) is 6. The fourth-order valence-corrected chi connectivity index (χ4v) is 3.42. The summed E-state index contributed by atoms with van der Waals surface area (Å²) in [7, 11) is 5.55. The number of carbonyl (C=O) groups is 2. The fraction of sp³-hybridized carbons (Fsp3) is 0.550. The highest BCUT2D eigenvalue weighted by Crippen LogP contribution is 2.30. The smallest absolute Gasteiger partial charge is 0.274 e. The predicted molar refractivity (Wildman–Crippen MR) is 110 cm³/mol. The average molecular weight is 399 g/mol. The minimum atomic E-state index is -0.189. The van der Waals surface area contributed by atoms with Crippen LogP contribution in [-0.2, 0) is 7.05 Å². The lowest BCUT2D eigenvalue weighted by Crippen LogP contribution is -2.32. The fourth-order valence-electron chi connectivity index (χ4n) is 3.42. The predicted octanol–water partition coefficient (Wildman–Crippen LogP) is 1.35. The number of anilines is 1. The number of likely N-dealkylation sites (tertiary alicyclic amines) is 1. The van der Waals surface area contributed by atoms with Gasteiger partial charge in [-0.2, -0.15) is 5.10 Å². The molecular weight excluding hydrogens is 370 g/mol. The minimum absolute atomic E-state index is 0.0120. The second kappa shape index (κ2) is 8.18. The molecule has 2 aromatic rings. The summed E-state index contributed by atoms with van der Waals surface area (Å²) in [5.74, 6) is 0.237. The monoisotopic (exact) mass is 399 g/mol. The first-order valence-electron chi connectivity index (χ1n) is 9.82. The minimum Gasteiger partial charge on any atom is -0.350 e. The van der Waals surface area contributed by atoms with Gasteiger partial charge in [0.05, 0.1) is 11.3 Å². The summed E-state index contributed by atoms with van der Waals surface area (Å²) in [5, 5.41) is 7.21. The van der Waals surface area contributed by atoms with Crippen molar-refractivity contribution in [3.8, 4) is 0 Å². The maximum absolute atomic E-state index is 12.9. The van der Waals surface area contributed by atoms with Crippen molar-refractivity contribution >= 4 is 17.8 Å². The summed E-state index contributed by atoms with van der Waals surface area (Å²) < 4.78 is 1.70. The van der Waals surface area contributed by atoms with E-state index in [1.165, 1.54) is 0 Å². The molecule has 1 aliphatic rings. The van der Waals surface area contributed by atoms with Gasteiger partial charge in [-0.25, -0.2) is 9.97 Å². The van der Waals surface area contributed by atoms with Gasteiger partial charge in [0.2, 0.25) is 5.95 Å². The van der Waals surface area contributed by atoms with Gasteiger partial charge in [0, 0.05) is 58.1 Å². The normalized spacial score (nSPS) is 16.4. The van der Waals surface area contributed by atoms with E-state index in [4.69, 9.17) is 0 Å². The third-order valence-electron chi connectivity index (χ3n) is 5.06. The zero-order chi connectivity index (χ0) is 21.3. The van der Waals surface area contributed by atoms with E-state index in [2.05, 4.69) is 20.4 Å². The summed E-state index contributed by atoms with van der Waals surface area (Å²) in [6.45, 7) is 6.85. The summed E-state index contributed by atoms with van der Waals surface area (Å²) in [6.07, 6.45) is 2.32. The van der Waals surface area contributed by atoms with Crippen molar-refractivity contribution < 1.29 is 9.59 Å². The molecule has 3 rings (SSSR count). The second-order valence-electron chi connectivity index (χ2n) is 8.02. The standard InChI is InChI=1S/C20H29N7O2/c1-12(2)22-18(28)15-10-21-20(25(4)5)23-17(15)14-7-8-27(11-14)19(29)16-9-13(3)26(6)24-16/h9-10,12,14H,7-8,11H2,1-6H3,(H,22,28). The van der Waals surface area contributed by atoms with Gasteiger partial charge >= 0.3 is 0 Å². The third kappa shape index (κ3) is 4.38. The molecule has 0 bridgehead atoms. The highest BCUT2D eigenvalue weighted by Gasteiger charge is 2.33. The lowest BCUT2D eigenvalue weighted by atomic mass is 9.99. The van der Waals surface area contributed by atoms with E-state index in [-0.39, 0.29) is 23.8 Å². The Morgan fingerprint density at radius 1 is 1.31 bits per heavy atom. The van der Waals surface area contributed by atoms with Gasteiger partial charge in [-0.15, -0.1) is 0 Å². The van der Waals surface area contributed by atoms with E-state index < -0.39 is 0 Å². The first-order valence-corrected chi connectivity index (χ1v) is 9.82. The van der Waals surface area contributed by atoms with Crippen LogP contribution in [0, 0.1) is 6.92 Å². The van der Waals surface area contributed by atoms with Crippen LogP contribution in [0.25, 0.3) is 0 Å². The van der Waals surface area contributed by atoms with Crippen LogP contribution in [0.4, 0.5) is 5.95 Å². The number of carbonyl (C=O) groups excluding carboxylic acids is 2. The zero-order valence-corrected chi connectivity index (χ0v) is 17.9. The molecule has 0 spiro atoms. The van der Waals surface area contributed by atoms with Crippen LogP contribution in [0.3, 0.4) is 0 Å². The number of hydrogen-bond donors (Lipinski definition) is 1. The lowest BCUT2D eigenvalue weighted by Gasteiger charge is -2.19. The van der Waals surface area contributed by atoms with Crippen molar-refractivity contribution in [3.63, 3.8) is 0 Å². The van der Waals surface area contributed by atoms with Gasteiger partial charge < -0.3 is 15.1 Å². The Bertz CT molecular complexity index is 900. The van der Waals surface area contributed by atoms with Crippen LogP contribution in [-0.4, -0.2) is 69.7 Å². The Morgan fingerprint density at radius 3 is 2.62 bits per heavy atom. The van der Waals surface area contributed by atoms with E-state index >= 15 is 0 Å². The molecule has 1 atom stereocenters. The van der Waals surface area contributed by atoms with Crippen molar-refractivity contribution in [2.45, 2.75) is 39.2 Å². The molecule has 9 heteroatoms. The quantitative estimate of drug-likeness (QED) is 0.815. The molecule has 3 heterocycles. The van der Waals surface area contributed by atoms with Crippen molar-refractivity contribution in [3.05, 3.63) is 34.9 Å². The van der Waals surface area contributed by atoms with Crippen molar-refractivity contribution in [2.75, 3.05) is 32.1 Å². The van der Waals surface area contributed by atoms with Gasteiger partial charge in [-0.3, -0.25) is 14.3 Å². The van der Waals surface area contributed by atoms with Gasteiger partial charge in [0.15, 0.2) is 5.69 Å². The average Bonchev–Trinajstić information content (AvgIpc) is 3.27. The molecule has 0 radical (unpaired) electrons. The molecule has 1 aliphatic heterocycles. The number of aryl methyl sites for hydroxylation is 2. The topological polar surface area (TPSA) is 96.2 Å². The largest absolute Gasteiger partial charge is 0.350 e. The Labute approximate surface area is 171 Å². The number of nitrogens with one attached hydrogen (secondary N) is 1. The van der Waals surface area contributed by atoms with E-state index in [0.29, 0.717) is 36.0 Å². The van der Waals surface area contributed by atoms with Crippen LogP contribution in [0.5, 0.6) is 0 Å². The zero-order valence-electron chi connectivity index (χ0n) is 17.9. The van der Waals surface area contributed by atoms with Gasteiger partial charge in [-0.05, 0) is 33.3 Å². The molecule has 29 heavy (non-hydrogen) atoms. The molecule has 156 valence electrons. The summed E-state index contributed by atoms with van der Waals surface area (Å²) in [4.78, 5) is 38.1. The Morgan fingerprint density at radius 2 is 2.03 bits per heavy atom. The first kappa shape index (κ1) is 20.8. The molecule has 2 aromatic heterocycles. The molecule has 2 amide bonds. The van der Waals surface area contributed by atoms with Crippen molar-refractivity contribution in [1.82, 2.24) is 30.0 Å². The third-order valence-corrected chi connectivity index (χ3v) is 5.06. The Kier molecular flexibility index (Phi) is 5.86. The molecular formula is C20H29N7O2. The van der Waals surface area contributed by atoms with Gasteiger partial charge in [-0.1, -0.05) is 0 Å². The first-order chi connectivity index (χ1) is 13.7. The Balaban J connectivity index is 1.86. The molecule has 1 unspecified atom stereocenters. The lowest BCUT2D eigenvalue weighted by molar-refractivity contribution is 0.0784. The molecule has 0 aromatic carbocycles. The van der Waals surface area contributed by atoms with Crippen LogP contribution in [0.1, 0.15) is 58.4 Å². The summed E-state index contributed by atoms with van der Waals surface area (Å²) >= 11 is 0. The molecule has 1 N–H and O–H groups in total. The number of hydrogen-bond acceptors (Lipinski definition) is 6. The highest BCUT2D eigenvalue weighted by atomic mass is 16.2. The molecule has 9 nitrogen and oxygen atoms in total. The van der Waals surface area contributed by atoms with Crippen LogP contribution >= 0.6 is 0 Å². The van der Waals surface area contributed by atoms with E-state index in [1.54, 1.807) is 21.8 Å². The number of aromatic nitrogens is 4. The van der Waals surface area contributed by atoms with E-state index in [9.17, 15) is 9.59 Å². The SMILES string of the molecule is Cc1cc(C(=O)N2CCC(c3nc(N(C)C)ncc3C(=O)NC(C)C)C2)nn1C. The molecule has 1 saturated heterocycles. The van der Waals surface area contributed by atoms with Crippen molar-refractivity contribution in [2.24, 2.45) is 7.05 Å². The molecule has 1 fully saturated rings. The summed E-state index contributed by atoms with van der Waals surface area (Å²) in [5.41, 5.74) is 2.54. The maximum atomic E-state index is 12.9. The van der Waals surface area contributed by atoms with Crippen LogP contribution < -0.4 is 10.2 Å². The van der Waals surface area contributed by atoms with Gasteiger partial charge in [0.25, 0.3) is 11.8 Å². The molecule has 0 aliphatic carbocycles. The second-order valence-corrected chi connectivity index (χ2v) is 8.02. The van der Waals surface area contributed by atoms with Crippen LogP contribution in [0.2, 0.25) is 0 Å². The van der Waals surface area contributed by atoms with Crippen molar-refractivity contribution in [1.29, 1.82) is 0 Å². The molecule has 0 saturated carbocycles. The number of amides is 2. The van der Waals surface area contributed by atoms with E-state index in [0.717, 1.165) is 12.1 Å². The van der Waals surface area contributed by atoms with Gasteiger partial charge in [0.1, 0.15) is 0 Å². The summed E-state index contributed by atoms with van der Waals surface area (Å²) in [6, 6.07) is 1.81.